The molecule has 1 aliphatic carbocycles. The maximum absolute atomic E-state index is 5.83. The van der Waals surface area contributed by atoms with Gasteiger partial charge in [-0.1, -0.05) is 6.42 Å². The predicted molar refractivity (Wildman–Crippen MR) is 77.2 cm³/mol. The highest BCUT2D eigenvalue weighted by molar-refractivity contribution is 9.10. The van der Waals surface area contributed by atoms with Crippen molar-refractivity contribution in [3.63, 3.8) is 0 Å². The van der Waals surface area contributed by atoms with Crippen molar-refractivity contribution in [2.45, 2.75) is 38.2 Å². The molecule has 1 saturated carbocycles. The van der Waals surface area contributed by atoms with E-state index in [9.17, 15) is 0 Å². The molecule has 0 unspecified atom stereocenters. The van der Waals surface area contributed by atoms with Crippen LogP contribution in [0.15, 0.2) is 16.9 Å². The average Bonchev–Trinajstić information content (AvgIpc) is 2.38. The lowest BCUT2D eigenvalue weighted by Crippen LogP contribution is -2.41. The monoisotopic (exact) mass is 325 g/mol. The fourth-order valence-electron chi connectivity index (χ4n) is 2.76. The molecule has 104 valence electrons. The molecule has 2 aliphatic rings. The number of rotatable bonds is 4. The fraction of sp³-hybridized carbons (Fsp3) is 0.714. The molecule has 3 rings (SSSR count). The quantitative estimate of drug-likeness (QED) is 0.853. The number of hydrogen-bond acceptors (Lipinski definition) is 4. The van der Waals surface area contributed by atoms with Crippen LogP contribution in [0.1, 0.15) is 32.1 Å². The van der Waals surface area contributed by atoms with Gasteiger partial charge >= 0.3 is 6.01 Å². The molecule has 1 saturated heterocycles. The van der Waals surface area contributed by atoms with E-state index in [4.69, 9.17) is 4.74 Å². The first-order valence-electron chi connectivity index (χ1n) is 7.16. The number of halogens is 1. The SMILES string of the molecule is Brc1cnc(OC2CCN(CC3CCC3)CC2)nc1. The number of hydrogen-bond donors (Lipinski definition) is 0. The van der Waals surface area contributed by atoms with E-state index in [0.29, 0.717) is 6.01 Å². The van der Waals surface area contributed by atoms with Crippen LogP contribution in [0.5, 0.6) is 6.01 Å². The van der Waals surface area contributed by atoms with Gasteiger partial charge in [0.05, 0.1) is 4.47 Å². The van der Waals surface area contributed by atoms with E-state index in [2.05, 4.69) is 30.8 Å². The van der Waals surface area contributed by atoms with Gasteiger partial charge in [-0.15, -0.1) is 0 Å². The fourth-order valence-corrected chi connectivity index (χ4v) is 2.97. The molecule has 4 nitrogen and oxygen atoms in total. The van der Waals surface area contributed by atoms with Gasteiger partial charge in [0.2, 0.25) is 0 Å². The van der Waals surface area contributed by atoms with E-state index < -0.39 is 0 Å². The number of likely N-dealkylation sites (tertiary alicyclic amines) is 1. The lowest BCUT2D eigenvalue weighted by atomic mass is 9.85. The Morgan fingerprint density at radius 2 is 1.84 bits per heavy atom. The van der Waals surface area contributed by atoms with Crippen LogP contribution in [-0.4, -0.2) is 40.6 Å². The van der Waals surface area contributed by atoms with Crippen molar-refractivity contribution in [3.8, 4) is 6.01 Å². The second-order valence-corrected chi connectivity index (χ2v) is 6.51. The Morgan fingerprint density at radius 3 is 2.42 bits per heavy atom. The summed E-state index contributed by atoms with van der Waals surface area (Å²) >= 11 is 3.33. The molecule has 5 heteroatoms. The van der Waals surface area contributed by atoms with Crippen LogP contribution >= 0.6 is 15.9 Å². The number of aromatic nitrogens is 2. The zero-order valence-electron chi connectivity index (χ0n) is 11.1. The average molecular weight is 326 g/mol. The van der Waals surface area contributed by atoms with Crippen molar-refractivity contribution in [1.82, 2.24) is 14.9 Å². The lowest BCUT2D eigenvalue weighted by Gasteiger charge is -2.36. The van der Waals surface area contributed by atoms with Crippen LogP contribution in [0, 0.1) is 5.92 Å². The first-order chi connectivity index (χ1) is 9.29. The minimum Gasteiger partial charge on any atom is -0.460 e. The standard InChI is InChI=1S/C14H20BrN3O/c15-12-8-16-14(17-9-12)19-13-4-6-18(7-5-13)10-11-2-1-3-11/h8-9,11,13H,1-7,10H2. The number of piperidine rings is 1. The topological polar surface area (TPSA) is 38.2 Å². The van der Waals surface area contributed by atoms with E-state index in [0.717, 1.165) is 36.3 Å². The second-order valence-electron chi connectivity index (χ2n) is 5.60. The maximum Gasteiger partial charge on any atom is 0.316 e. The summed E-state index contributed by atoms with van der Waals surface area (Å²) in [5.74, 6) is 0.965. The molecule has 0 bridgehead atoms. The molecule has 19 heavy (non-hydrogen) atoms. The summed E-state index contributed by atoms with van der Waals surface area (Å²) in [7, 11) is 0. The Balaban J connectivity index is 1.43. The largest absolute Gasteiger partial charge is 0.460 e. The van der Waals surface area contributed by atoms with Gasteiger partial charge in [-0.25, -0.2) is 9.97 Å². The highest BCUT2D eigenvalue weighted by Gasteiger charge is 2.25. The van der Waals surface area contributed by atoms with Crippen molar-refractivity contribution in [2.24, 2.45) is 5.92 Å². The van der Waals surface area contributed by atoms with Crippen molar-refractivity contribution in [3.05, 3.63) is 16.9 Å². The molecule has 2 fully saturated rings. The molecular weight excluding hydrogens is 306 g/mol. The third-order valence-corrected chi connectivity index (χ3v) is 4.55. The van der Waals surface area contributed by atoms with Gasteiger partial charge in [0, 0.05) is 32.0 Å². The summed E-state index contributed by atoms with van der Waals surface area (Å²) in [6.07, 6.45) is 10.2. The maximum atomic E-state index is 5.83. The van der Waals surface area contributed by atoms with Crippen LogP contribution in [0.4, 0.5) is 0 Å². The van der Waals surface area contributed by atoms with Crippen LogP contribution in [0.25, 0.3) is 0 Å². The summed E-state index contributed by atoms with van der Waals surface area (Å²) in [5.41, 5.74) is 0. The van der Waals surface area contributed by atoms with E-state index in [1.165, 1.54) is 25.8 Å². The van der Waals surface area contributed by atoms with Gasteiger partial charge in [0.25, 0.3) is 0 Å². The molecule has 1 aromatic heterocycles. The summed E-state index contributed by atoms with van der Waals surface area (Å²) in [6.45, 7) is 3.59. The summed E-state index contributed by atoms with van der Waals surface area (Å²) in [4.78, 5) is 10.9. The molecule has 1 aliphatic heterocycles. The van der Waals surface area contributed by atoms with Gasteiger partial charge in [0.1, 0.15) is 6.10 Å². The molecule has 0 aromatic carbocycles. The van der Waals surface area contributed by atoms with Crippen molar-refractivity contribution < 1.29 is 4.74 Å². The highest BCUT2D eigenvalue weighted by Crippen LogP contribution is 2.28. The van der Waals surface area contributed by atoms with Gasteiger partial charge in [-0.2, -0.15) is 0 Å². The predicted octanol–water partition coefficient (Wildman–Crippen LogP) is 2.88. The first kappa shape index (κ1) is 13.3. The van der Waals surface area contributed by atoms with E-state index in [1.54, 1.807) is 12.4 Å². The summed E-state index contributed by atoms with van der Waals surface area (Å²) in [5, 5.41) is 0. The van der Waals surface area contributed by atoms with E-state index in [1.807, 2.05) is 0 Å². The molecule has 0 atom stereocenters. The zero-order valence-corrected chi connectivity index (χ0v) is 12.7. The number of nitrogens with zero attached hydrogens (tertiary/aromatic N) is 3. The molecule has 2 heterocycles. The Bertz CT molecular complexity index is 400. The van der Waals surface area contributed by atoms with E-state index in [-0.39, 0.29) is 6.10 Å². The third kappa shape index (κ3) is 3.66. The molecule has 0 spiro atoms. The van der Waals surface area contributed by atoms with Crippen molar-refractivity contribution in [1.29, 1.82) is 0 Å². The second kappa shape index (κ2) is 6.18. The molecule has 1 aromatic rings. The summed E-state index contributed by atoms with van der Waals surface area (Å²) < 4.78 is 6.72. The molecule has 0 N–H and O–H groups in total. The van der Waals surface area contributed by atoms with Gasteiger partial charge in [-0.05, 0) is 47.5 Å². The molecule has 0 radical (unpaired) electrons. The number of ether oxygens (including phenoxy) is 1. The minimum absolute atomic E-state index is 0.277. The first-order valence-corrected chi connectivity index (χ1v) is 7.95. The van der Waals surface area contributed by atoms with Crippen LogP contribution < -0.4 is 4.74 Å². The normalized spacial score (nSPS) is 22.2. The lowest BCUT2D eigenvalue weighted by molar-refractivity contribution is 0.0747. The van der Waals surface area contributed by atoms with E-state index >= 15 is 0 Å². The molecular formula is C14H20BrN3O. The molecule has 0 amide bonds. The van der Waals surface area contributed by atoms with Gasteiger partial charge in [0.15, 0.2) is 0 Å². The van der Waals surface area contributed by atoms with Gasteiger partial charge < -0.3 is 9.64 Å². The smallest absolute Gasteiger partial charge is 0.316 e. The Kier molecular flexibility index (Phi) is 4.33. The highest BCUT2D eigenvalue weighted by atomic mass is 79.9. The Labute approximate surface area is 122 Å². The van der Waals surface area contributed by atoms with Crippen LogP contribution in [0.2, 0.25) is 0 Å². The van der Waals surface area contributed by atoms with Crippen LogP contribution in [-0.2, 0) is 0 Å². The Hall–Kier alpha value is -0.680. The summed E-state index contributed by atoms with van der Waals surface area (Å²) in [6, 6.07) is 0.501. The van der Waals surface area contributed by atoms with Crippen LogP contribution in [0.3, 0.4) is 0 Å². The third-order valence-electron chi connectivity index (χ3n) is 4.14. The Morgan fingerprint density at radius 1 is 1.16 bits per heavy atom. The minimum atomic E-state index is 0.277. The van der Waals surface area contributed by atoms with Gasteiger partial charge in [-0.3, -0.25) is 0 Å². The van der Waals surface area contributed by atoms with Crippen molar-refractivity contribution in [2.75, 3.05) is 19.6 Å². The zero-order chi connectivity index (χ0) is 13.1. The van der Waals surface area contributed by atoms with Crippen molar-refractivity contribution >= 4 is 15.9 Å².